The zero-order valence-electron chi connectivity index (χ0n) is 8.76. The molecule has 0 saturated carbocycles. The molecule has 0 aliphatic rings. The minimum Gasteiger partial charge on any atom is -1.00 e. The molecule has 2 nitrogen and oxygen atoms in total. The van der Waals surface area contributed by atoms with Gasteiger partial charge in [-0.25, -0.2) is 0 Å². The molecule has 0 radical (unpaired) electrons. The van der Waals surface area contributed by atoms with Crippen molar-refractivity contribution in [2.75, 3.05) is 26.2 Å². The fraction of sp³-hybridized carbons (Fsp3) is 1.00. The maximum atomic E-state index is 8.75. The molecule has 0 rings (SSSR count). The van der Waals surface area contributed by atoms with E-state index in [2.05, 4.69) is 13.8 Å². The molecule has 13 heavy (non-hydrogen) atoms. The number of halogens is 2. The summed E-state index contributed by atoms with van der Waals surface area (Å²) in [5.41, 5.74) is 0.145. The Morgan fingerprint density at radius 3 is 2.00 bits per heavy atom. The smallest absolute Gasteiger partial charge is 0.162 e. The molecule has 1 N–H and O–H groups in total. The Morgan fingerprint density at radius 1 is 1.31 bits per heavy atom. The third kappa shape index (κ3) is 4.63. The molecule has 82 valence electrons. The van der Waals surface area contributed by atoms with E-state index in [-0.39, 0.29) is 29.1 Å². The molecule has 0 bridgehead atoms. The lowest BCUT2D eigenvalue weighted by Crippen LogP contribution is -3.00. The molecule has 1 unspecified atom stereocenters. The predicted molar refractivity (Wildman–Crippen MR) is 53.2 cm³/mol. The molecule has 0 aromatic carbocycles. The second-order valence-electron chi connectivity index (χ2n) is 3.23. The van der Waals surface area contributed by atoms with Crippen LogP contribution >= 0.6 is 11.6 Å². The summed E-state index contributed by atoms with van der Waals surface area (Å²) in [6, 6.07) is 0. The maximum Gasteiger partial charge on any atom is 0.162 e. The van der Waals surface area contributed by atoms with E-state index < -0.39 is 0 Å². The summed E-state index contributed by atoms with van der Waals surface area (Å²) in [5, 5.41) is 8.75. The quantitative estimate of drug-likeness (QED) is 0.367. The number of quaternary nitrogens is 1. The van der Waals surface area contributed by atoms with Crippen LogP contribution in [0.5, 0.6) is 0 Å². The normalized spacial score (nSPS) is 13.6. The first kappa shape index (κ1) is 16.1. The molecule has 4 heteroatoms. The van der Waals surface area contributed by atoms with Crippen LogP contribution in [0, 0.1) is 0 Å². The fourth-order valence-electron chi connectivity index (χ4n) is 1.61. The third-order valence-electron chi connectivity index (χ3n) is 2.78. The van der Waals surface area contributed by atoms with Gasteiger partial charge in [-0.05, 0) is 13.8 Å². The molecule has 0 aromatic rings. The number of hydrogen-bond donors (Lipinski definition) is 1. The largest absolute Gasteiger partial charge is 1.00 e. The number of hydrogen-bond acceptors (Lipinski definition) is 1. The predicted octanol–water partition coefficient (Wildman–Crippen LogP) is -1.19. The van der Waals surface area contributed by atoms with Crippen LogP contribution < -0.4 is 17.0 Å². The van der Waals surface area contributed by atoms with Crippen molar-refractivity contribution >= 4 is 11.6 Å². The van der Waals surface area contributed by atoms with E-state index in [1.165, 1.54) is 0 Å². The van der Waals surface area contributed by atoms with Crippen LogP contribution in [0.2, 0.25) is 0 Å². The van der Waals surface area contributed by atoms with Gasteiger partial charge in [0.2, 0.25) is 0 Å². The Kier molecular flexibility index (Phi) is 9.97. The van der Waals surface area contributed by atoms with Gasteiger partial charge < -0.3 is 26.6 Å². The summed E-state index contributed by atoms with van der Waals surface area (Å²) in [5.74, 6) is 0. The number of alkyl halides is 1. The molecular weight excluding hydrogens is 253 g/mol. The molecule has 0 saturated heterocycles. The van der Waals surface area contributed by atoms with Crippen LogP contribution in [0.1, 0.15) is 27.2 Å². The van der Waals surface area contributed by atoms with Crippen molar-refractivity contribution < 1.29 is 26.6 Å². The van der Waals surface area contributed by atoms with E-state index in [1.54, 1.807) is 0 Å². The molecule has 1 atom stereocenters. The van der Waals surface area contributed by atoms with Crippen molar-refractivity contribution in [2.24, 2.45) is 0 Å². The van der Waals surface area contributed by atoms with E-state index in [0.717, 1.165) is 30.5 Å². The highest BCUT2D eigenvalue weighted by molar-refractivity contribution is 6.19. The fourth-order valence-corrected chi connectivity index (χ4v) is 1.98. The highest BCUT2D eigenvalue weighted by atomic mass is 79.9. The minimum atomic E-state index is 0. The molecule has 0 spiro atoms. The Bertz CT molecular complexity index is 118. The Hall–Kier alpha value is 0.690. The number of rotatable bonds is 6. The molecule has 0 fully saturated rings. The van der Waals surface area contributed by atoms with E-state index in [4.69, 9.17) is 16.7 Å². The van der Waals surface area contributed by atoms with Crippen LogP contribution in [0.15, 0.2) is 0 Å². The molecule has 0 amide bonds. The highest BCUT2D eigenvalue weighted by Crippen LogP contribution is 2.17. The average Bonchev–Trinajstić information content (AvgIpc) is 2.07. The molecule has 0 aliphatic heterocycles. The van der Waals surface area contributed by atoms with Crippen molar-refractivity contribution in [3.8, 4) is 0 Å². The van der Waals surface area contributed by atoms with Crippen molar-refractivity contribution in [3.63, 3.8) is 0 Å². The lowest BCUT2D eigenvalue weighted by Gasteiger charge is -2.39. The van der Waals surface area contributed by atoms with Crippen LogP contribution in [0.4, 0.5) is 0 Å². The lowest BCUT2D eigenvalue weighted by molar-refractivity contribution is -0.934. The standard InChI is InChI=1S/C9H21ClNO.BrH/c1-4-11(5-2,9(3)10)7-6-8-12;/h9,12H,4-8H2,1-3H3;1H/q+1;/p-1. The van der Waals surface area contributed by atoms with E-state index in [9.17, 15) is 0 Å². The van der Waals surface area contributed by atoms with E-state index in [0.29, 0.717) is 0 Å². The van der Waals surface area contributed by atoms with E-state index in [1.807, 2.05) is 6.92 Å². The Morgan fingerprint density at radius 2 is 1.77 bits per heavy atom. The first-order chi connectivity index (χ1) is 5.63. The molecule has 0 aromatic heterocycles. The third-order valence-corrected chi connectivity index (χ3v) is 3.19. The average molecular weight is 275 g/mol. The van der Waals surface area contributed by atoms with Crippen LogP contribution in [-0.4, -0.2) is 41.3 Å². The summed E-state index contributed by atoms with van der Waals surface area (Å²) in [6.45, 7) is 9.67. The topological polar surface area (TPSA) is 20.2 Å². The van der Waals surface area contributed by atoms with Gasteiger partial charge in [0, 0.05) is 20.0 Å². The summed E-state index contributed by atoms with van der Waals surface area (Å²) in [6.07, 6.45) is 0.846. The number of nitrogens with zero attached hydrogens (tertiary/aromatic N) is 1. The van der Waals surface area contributed by atoms with Crippen molar-refractivity contribution in [1.29, 1.82) is 0 Å². The van der Waals surface area contributed by atoms with Crippen LogP contribution in [0.25, 0.3) is 0 Å². The van der Waals surface area contributed by atoms with Gasteiger partial charge in [-0.2, -0.15) is 0 Å². The van der Waals surface area contributed by atoms with Crippen molar-refractivity contribution in [1.82, 2.24) is 0 Å². The molecule has 0 heterocycles. The summed E-state index contributed by atoms with van der Waals surface area (Å²) >= 11 is 6.13. The van der Waals surface area contributed by atoms with Crippen molar-refractivity contribution in [3.05, 3.63) is 0 Å². The van der Waals surface area contributed by atoms with Crippen LogP contribution in [-0.2, 0) is 0 Å². The van der Waals surface area contributed by atoms with Gasteiger partial charge in [-0.1, -0.05) is 11.6 Å². The van der Waals surface area contributed by atoms with E-state index >= 15 is 0 Å². The summed E-state index contributed by atoms with van der Waals surface area (Å²) in [4.78, 5) is 0. The first-order valence-corrected chi connectivity index (χ1v) is 5.17. The SMILES string of the molecule is CC[N+](CC)(CCCO)C(C)Cl.[Br-]. The van der Waals surface area contributed by atoms with Gasteiger partial charge in [0.05, 0.1) is 19.6 Å². The summed E-state index contributed by atoms with van der Waals surface area (Å²) < 4.78 is 0.905. The summed E-state index contributed by atoms with van der Waals surface area (Å²) in [7, 11) is 0. The monoisotopic (exact) mass is 273 g/mol. The number of aliphatic hydroxyl groups is 1. The van der Waals surface area contributed by atoms with Gasteiger partial charge in [0.25, 0.3) is 0 Å². The van der Waals surface area contributed by atoms with Gasteiger partial charge in [-0.15, -0.1) is 0 Å². The number of aliphatic hydroxyl groups excluding tert-OH is 1. The molecule has 0 aliphatic carbocycles. The first-order valence-electron chi connectivity index (χ1n) is 4.73. The van der Waals surface area contributed by atoms with Crippen LogP contribution in [0.3, 0.4) is 0 Å². The Balaban J connectivity index is 0. The van der Waals surface area contributed by atoms with Gasteiger partial charge >= 0.3 is 0 Å². The van der Waals surface area contributed by atoms with Gasteiger partial charge in [-0.3, -0.25) is 0 Å². The molecular formula is C9H21BrClNO. The van der Waals surface area contributed by atoms with Gasteiger partial charge in [0.1, 0.15) is 0 Å². The lowest BCUT2D eigenvalue weighted by atomic mass is 10.3. The zero-order valence-corrected chi connectivity index (χ0v) is 11.1. The second-order valence-corrected chi connectivity index (χ2v) is 3.86. The second kappa shape index (κ2) is 8.04. The highest BCUT2D eigenvalue weighted by Gasteiger charge is 2.27. The Labute approximate surface area is 97.2 Å². The maximum absolute atomic E-state index is 8.75. The van der Waals surface area contributed by atoms with Crippen molar-refractivity contribution in [2.45, 2.75) is 32.7 Å². The zero-order chi connectivity index (χ0) is 9.61. The van der Waals surface area contributed by atoms with Gasteiger partial charge in [0.15, 0.2) is 5.50 Å². The minimum absolute atomic E-state index is 0.